The van der Waals surface area contributed by atoms with Crippen LogP contribution in [0.15, 0.2) is 164 Å². The van der Waals surface area contributed by atoms with Crippen molar-refractivity contribution >= 4 is 105 Å². The molecule has 3 unspecified atom stereocenters. The Bertz CT molecular complexity index is 6550. The SMILES string of the molecule is CCOC(=O)c1c(C=O)nc(-c2c(F)cccc2F)nc1Cc1ccc(C2SC(=O)N(C(=O)OC(C)(C)C)C2=O)cc1.COc1ccc(CN)c(OC)c1.COc1ccc(CN2Cc3nc(-c4c(F)cccc4F)nc(Cc4ccc(C5SC(=O)N(C(=O)OC(C)(C)C)C5=O)cc4)c3C2=O)c(OC)c1.O=C1NC(=O)C(c2ccc(Cc3nc(-c4c(F)cccc4F)nc4c3C(=O)NC4)cc2)S1. The highest BCUT2D eigenvalue weighted by atomic mass is 32.2. The van der Waals surface area contributed by atoms with Crippen molar-refractivity contribution in [3.8, 4) is 57.2 Å². The zero-order valence-electron chi connectivity index (χ0n) is 74.4. The first-order valence-corrected chi connectivity index (χ1v) is 44.2. The average molecular weight is 1920 g/mol. The molecule has 40 heteroatoms. The van der Waals surface area contributed by atoms with E-state index in [1.165, 1.54) is 26.4 Å². The summed E-state index contributed by atoms with van der Waals surface area (Å²) in [6.07, 6.45) is -1.62. The van der Waals surface area contributed by atoms with E-state index in [9.17, 15) is 83.9 Å². The number of benzene rings is 8. The highest BCUT2D eigenvalue weighted by Gasteiger charge is 2.48. The number of carbonyl (C=O) groups excluding carboxylic acids is 12. The first-order chi connectivity index (χ1) is 64.8. The second kappa shape index (κ2) is 42.2. The summed E-state index contributed by atoms with van der Waals surface area (Å²) in [5.74, 6) is -6.72. The van der Waals surface area contributed by atoms with Gasteiger partial charge in [0.15, 0.2) is 23.8 Å². The lowest BCUT2D eigenvalue weighted by Crippen LogP contribution is -2.40. The van der Waals surface area contributed by atoms with Crippen LogP contribution in [0.2, 0.25) is 0 Å². The summed E-state index contributed by atoms with van der Waals surface area (Å²) < 4.78 is 124. The average Bonchev–Trinajstić information content (AvgIpc) is 1.63. The molecule has 8 heterocycles. The van der Waals surface area contributed by atoms with E-state index in [4.69, 9.17) is 38.9 Å². The zero-order valence-corrected chi connectivity index (χ0v) is 76.9. The topological polar surface area (TPSA) is 407 Å². The number of hydrogen-bond acceptors (Lipinski definition) is 29. The molecule has 4 N–H and O–H groups in total. The van der Waals surface area contributed by atoms with Crippen LogP contribution < -0.4 is 35.3 Å². The maximum atomic E-state index is 14.9. The zero-order chi connectivity index (χ0) is 98.1. The Morgan fingerprint density at radius 2 is 0.890 bits per heavy atom. The number of hydrogen-bond donors (Lipinski definition) is 3. The molecule has 5 aliphatic rings. The minimum absolute atomic E-state index is 0.0128. The highest BCUT2D eigenvalue weighted by Crippen LogP contribution is 2.44. The summed E-state index contributed by atoms with van der Waals surface area (Å²) in [6, 6.07) is 40.9. The molecule has 0 radical (unpaired) electrons. The molecule has 0 bridgehead atoms. The Kier molecular flexibility index (Phi) is 30.6. The fraction of sp³-hybridized carbons (Fsp3) is 0.250. The Hall–Kier alpha value is -14.8. The number of methoxy groups -OCH3 is 4. The number of nitrogens with one attached hydrogen (secondary N) is 2. The highest BCUT2D eigenvalue weighted by molar-refractivity contribution is 8.15. The smallest absolute Gasteiger partial charge is 0.424 e. The molecule has 702 valence electrons. The van der Waals surface area contributed by atoms with Gasteiger partial charge in [0.2, 0.25) is 5.91 Å². The molecule has 3 atom stereocenters. The number of esters is 1. The maximum Gasteiger partial charge on any atom is 0.424 e. The lowest BCUT2D eigenvalue weighted by molar-refractivity contribution is -0.127. The number of imide groups is 7. The lowest BCUT2D eigenvalue weighted by Gasteiger charge is -2.22. The number of thioether (sulfide) groups is 3. The predicted molar refractivity (Wildman–Crippen MR) is 484 cm³/mol. The van der Waals surface area contributed by atoms with Gasteiger partial charge in [-0.25, -0.2) is 70.6 Å². The summed E-state index contributed by atoms with van der Waals surface area (Å²) >= 11 is 2.28. The Morgan fingerprint density at radius 3 is 1.29 bits per heavy atom. The minimum atomic E-state index is -1.06. The molecule has 16 rings (SSSR count). The number of amides is 10. The minimum Gasteiger partial charge on any atom is -0.497 e. The standard InChI is InChI=1S/C36H32F2N4O7S.C29H25F2N3O7S.C22H14F2N4O3S.C9H13NO2/c1-36(2,3)49-34(45)42-33(44)30(50-35(42)46)20-11-9-19(10-12-20)15-25-29-26(40-31(39-25)28-23(37)7-6-8-24(28)38)18-41(32(29)43)17-21-13-14-22(47-4)16-27(21)48-5;1-5-40-26(37)22-19(32-24(33-20(22)14-35)21-17(30)7-6-8-18(21)31)13-15-9-11-16(12-10-15)23-25(36)34(28(39)42-23)27(38)41-29(2,3)4;23-12-2-1-3-13(24)16(12)19-26-14(17-15(27-19)9-25-20(17)29)8-10-4-6-11(7-5-10)18-21(30)28-22(31)32-18;1-11-8-4-3-7(6-10)9(5-8)12-2/h6-14,16,30H,15,17-18H2,1-5H3;6-12,14,23H,5,13H2,1-4H3;1-7,18H,8-9H2,(H,25,29)(H,28,30,31);3-5H,6,10H2,1-2H3. The van der Waals surface area contributed by atoms with Crippen molar-refractivity contribution in [1.82, 2.24) is 55.2 Å². The van der Waals surface area contributed by atoms with Crippen LogP contribution in [0.4, 0.5) is 50.3 Å². The molecule has 0 spiro atoms. The molecule has 8 aromatic carbocycles. The monoisotopic (exact) mass is 1920 g/mol. The molecule has 0 saturated carbocycles. The van der Waals surface area contributed by atoms with Crippen molar-refractivity contribution in [2.45, 2.75) is 121 Å². The summed E-state index contributed by atoms with van der Waals surface area (Å²) in [5.41, 5.74) is 8.72. The van der Waals surface area contributed by atoms with E-state index in [0.717, 1.165) is 76.9 Å². The van der Waals surface area contributed by atoms with E-state index in [0.29, 0.717) is 107 Å². The molecule has 10 amide bonds. The largest absolute Gasteiger partial charge is 0.497 e. The van der Waals surface area contributed by atoms with Crippen LogP contribution >= 0.6 is 35.3 Å². The van der Waals surface area contributed by atoms with Gasteiger partial charge in [-0.2, -0.15) is 9.80 Å². The van der Waals surface area contributed by atoms with Crippen LogP contribution in [0.25, 0.3) is 34.2 Å². The Morgan fingerprint density at radius 1 is 0.485 bits per heavy atom. The molecule has 3 aromatic heterocycles. The van der Waals surface area contributed by atoms with Crippen LogP contribution in [0.5, 0.6) is 23.0 Å². The molecule has 3 fully saturated rings. The van der Waals surface area contributed by atoms with Crippen LogP contribution in [-0.4, -0.2) is 161 Å². The molecule has 31 nitrogen and oxygen atoms in total. The van der Waals surface area contributed by atoms with Crippen molar-refractivity contribution in [2.75, 3.05) is 35.0 Å². The third-order valence-corrected chi connectivity index (χ3v) is 24.1. The van der Waals surface area contributed by atoms with Crippen LogP contribution in [0.1, 0.15) is 179 Å². The quantitative estimate of drug-likeness (QED) is 0.0245. The number of fused-ring (bicyclic) bond motifs is 2. The number of carbonyl (C=O) groups is 12. The van der Waals surface area contributed by atoms with Crippen molar-refractivity contribution in [1.29, 1.82) is 0 Å². The Balaban J connectivity index is 0.000000165. The number of aromatic nitrogens is 6. The van der Waals surface area contributed by atoms with Gasteiger partial charge in [-0.3, -0.25) is 48.5 Å². The normalized spacial score (nSPS) is 15.4. The second-order valence-corrected chi connectivity index (χ2v) is 35.5. The maximum absolute atomic E-state index is 14.9. The third kappa shape index (κ3) is 22.3. The molecule has 136 heavy (non-hydrogen) atoms. The van der Waals surface area contributed by atoms with E-state index in [-0.39, 0.29) is 114 Å². The van der Waals surface area contributed by atoms with E-state index in [1.54, 1.807) is 159 Å². The van der Waals surface area contributed by atoms with Crippen LogP contribution in [0, 0.1) is 34.9 Å². The Labute approximate surface area is 785 Å². The van der Waals surface area contributed by atoms with Gasteiger partial charge in [0.1, 0.15) is 96.1 Å². The van der Waals surface area contributed by atoms with Gasteiger partial charge in [0, 0.05) is 49.1 Å². The van der Waals surface area contributed by atoms with Crippen molar-refractivity contribution in [2.24, 2.45) is 5.73 Å². The van der Waals surface area contributed by atoms with Crippen molar-refractivity contribution in [3.63, 3.8) is 0 Å². The fourth-order valence-electron chi connectivity index (χ4n) is 14.5. The van der Waals surface area contributed by atoms with Gasteiger partial charge in [-0.05, 0) is 172 Å². The van der Waals surface area contributed by atoms with E-state index in [1.807, 2.05) is 18.2 Å². The summed E-state index contributed by atoms with van der Waals surface area (Å²) in [6.45, 7) is 12.1. The summed E-state index contributed by atoms with van der Waals surface area (Å²) in [4.78, 5) is 178. The van der Waals surface area contributed by atoms with Crippen LogP contribution in [-0.2, 0) is 74.0 Å². The van der Waals surface area contributed by atoms with Gasteiger partial charge in [-0.1, -0.05) is 97.1 Å². The van der Waals surface area contributed by atoms with Gasteiger partial charge in [0.25, 0.3) is 39.3 Å². The third-order valence-electron chi connectivity index (χ3n) is 20.8. The van der Waals surface area contributed by atoms with E-state index in [2.05, 4.69) is 40.5 Å². The predicted octanol–water partition coefficient (Wildman–Crippen LogP) is 17.0. The molecule has 11 aromatic rings. The van der Waals surface area contributed by atoms with Crippen LogP contribution in [0.3, 0.4) is 0 Å². The lowest BCUT2D eigenvalue weighted by atomic mass is 10.0. The summed E-state index contributed by atoms with van der Waals surface area (Å²) in [5, 5.41) is 0.450. The number of nitrogens with two attached hydrogens (primary N) is 1. The van der Waals surface area contributed by atoms with Gasteiger partial charge < -0.3 is 49.1 Å². The first kappa shape index (κ1) is 98.7. The molecular weight excluding hydrogens is 1840 g/mol. The summed E-state index contributed by atoms with van der Waals surface area (Å²) in [7, 11) is 6.29. The molecular formula is C96H84F6N12O19S3. The van der Waals surface area contributed by atoms with Gasteiger partial charge >= 0.3 is 18.2 Å². The van der Waals surface area contributed by atoms with E-state index < -0.39 is 125 Å². The second-order valence-electron chi connectivity index (χ2n) is 32.3. The molecule has 5 aliphatic heterocycles. The number of ether oxygens (including phenoxy) is 7. The number of halogens is 6. The number of rotatable bonds is 22. The first-order valence-electron chi connectivity index (χ1n) is 41.5. The van der Waals surface area contributed by atoms with Gasteiger partial charge in [0.05, 0.1) is 111 Å². The van der Waals surface area contributed by atoms with Crippen molar-refractivity contribution < 1.29 is 117 Å². The number of aldehydes is 1. The fourth-order valence-corrected chi connectivity index (χ4v) is 17.3. The molecule has 3 saturated heterocycles. The molecule has 0 aliphatic carbocycles. The van der Waals surface area contributed by atoms with E-state index >= 15 is 0 Å². The van der Waals surface area contributed by atoms with Crippen molar-refractivity contribution in [3.05, 3.63) is 294 Å². The number of nitrogens with zero attached hydrogens (tertiary/aromatic N) is 9. The van der Waals surface area contributed by atoms with Gasteiger partial charge in [-0.15, -0.1) is 0 Å².